The topological polar surface area (TPSA) is 65.1 Å². The van der Waals surface area contributed by atoms with E-state index in [1.54, 1.807) is 31.2 Å². The molecule has 1 rings (SSSR count). The summed E-state index contributed by atoms with van der Waals surface area (Å²) in [6.45, 7) is 2.37. The van der Waals surface area contributed by atoms with E-state index in [0.717, 1.165) is 0 Å². The summed E-state index contributed by atoms with van der Waals surface area (Å²) in [5, 5.41) is 0. The van der Waals surface area contributed by atoms with E-state index in [4.69, 9.17) is 14.2 Å². The van der Waals surface area contributed by atoms with E-state index in [2.05, 4.69) is 0 Å². The number of carbonyl (C=O) groups is 2. The molecule has 1 aromatic carbocycles. The van der Waals surface area contributed by atoms with E-state index >= 15 is 0 Å². The van der Waals surface area contributed by atoms with Gasteiger partial charge >= 0.3 is 12.1 Å². The van der Waals surface area contributed by atoms with Crippen LogP contribution in [0.15, 0.2) is 30.3 Å². The first-order chi connectivity index (χ1) is 9.67. The second-order valence-corrected chi connectivity index (χ2v) is 3.90. The summed E-state index contributed by atoms with van der Waals surface area (Å²) in [7, 11) is 1.52. The monoisotopic (exact) mass is 281 g/mol. The molecule has 0 bridgehead atoms. The summed E-state index contributed by atoms with van der Waals surface area (Å²) in [5.74, 6) is -0.0580. The Balaban J connectivity index is 2.61. The first kappa shape index (κ1) is 16.0. The van der Waals surface area contributed by atoms with Gasteiger partial charge in [0.2, 0.25) is 0 Å². The molecule has 1 amide bonds. The van der Waals surface area contributed by atoms with Crippen LogP contribution in [0.2, 0.25) is 0 Å². The maximum Gasteiger partial charge on any atom is 0.415 e. The third kappa shape index (κ3) is 5.71. The lowest BCUT2D eigenvalue weighted by molar-refractivity contribution is -0.144. The number of methoxy groups -OCH3 is 1. The number of esters is 1. The predicted octanol–water partition coefficient (Wildman–Crippen LogP) is 1.70. The lowest BCUT2D eigenvalue weighted by atomic mass is 10.3. The van der Waals surface area contributed by atoms with E-state index in [1.807, 2.05) is 6.07 Å². The highest BCUT2D eigenvalue weighted by Crippen LogP contribution is 2.10. The van der Waals surface area contributed by atoms with E-state index in [0.29, 0.717) is 12.4 Å². The second-order valence-electron chi connectivity index (χ2n) is 3.90. The minimum atomic E-state index is -0.610. The minimum Gasteiger partial charge on any atom is -0.465 e. The smallest absolute Gasteiger partial charge is 0.415 e. The summed E-state index contributed by atoms with van der Waals surface area (Å²) in [5.41, 5.74) is 0. The van der Waals surface area contributed by atoms with E-state index in [1.165, 1.54) is 12.0 Å². The molecule has 6 nitrogen and oxygen atoms in total. The van der Waals surface area contributed by atoms with Crippen LogP contribution in [-0.2, 0) is 14.3 Å². The zero-order chi connectivity index (χ0) is 14.8. The van der Waals surface area contributed by atoms with Gasteiger partial charge in [-0.25, -0.2) is 4.79 Å². The number of hydrogen-bond donors (Lipinski definition) is 0. The number of benzene rings is 1. The van der Waals surface area contributed by atoms with Crippen molar-refractivity contribution in [2.75, 3.05) is 33.4 Å². The van der Waals surface area contributed by atoms with Gasteiger partial charge < -0.3 is 14.2 Å². The average Bonchev–Trinajstić information content (AvgIpc) is 2.44. The quantitative estimate of drug-likeness (QED) is 0.712. The van der Waals surface area contributed by atoms with Gasteiger partial charge in [-0.05, 0) is 19.1 Å². The first-order valence-electron chi connectivity index (χ1n) is 6.33. The SMILES string of the molecule is CCOC(=O)CN(CCOC)C(=O)Oc1ccccc1. The Kier molecular flexibility index (Phi) is 7.13. The molecule has 0 aliphatic rings. The predicted molar refractivity (Wildman–Crippen MR) is 72.5 cm³/mol. The summed E-state index contributed by atoms with van der Waals surface area (Å²) in [6.07, 6.45) is -0.610. The van der Waals surface area contributed by atoms with Crippen molar-refractivity contribution in [3.8, 4) is 5.75 Å². The van der Waals surface area contributed by atoms with E-state index in [9.17, 15) is 9.59 Å². The Morgan fingerprint density at radius 1 is 1.20 bits per heavy atom. The van der Waals surface area contributed by atoms with Gasteiger partial charge in [0.25, 0.3) is 0 Å². The Bertz CT molecular complexity index is 421. The lowest BCUT2D eigenvalue weighted by Crippen LogP contribution is -2.40. The molecular weight excluding hydrogens is 262 g/mol. The van der Waals surface area contributed by atoms with Crippen LogP contribution < -0.4 is 4.74 Å². The Morgan fingerprint density at radius 2 is 1.90 bits per heavy atom. The van der Waals surface area contributed by atoms with Crippen molar-refractivity contribution < 1.29 is 23.8 Å². The van der Waals surface area contributed by atoms with Crippen LogP contribution in [0.4, 0.5) is 4.79 Å². The van der Waals surface area contributed by atoms with Gasteiger partial charge in [-0.15, -0.1) is 0 Å². The summed E-state index contributed by atoms with van der Waals surface area (Å²) in [6, 6.07) is 8.66. The third-order valence-corrected chi connectivity index (χ3v) is 2.40. The fourth-order valence-corrected chi connectivity index (χ4v) is 1.45. The maximum atomic E-state index is 12.0. The summed E-state index contributed by atoms with van der Waals surface area (Å²) >= 11 is 0. The van der Waals surface area contributed by atoms with E-state index in [-0.39, 0.29) is 19.7 Å². The summed E-state index contributed by atoms with van der Waals surface area (Å²) in [4.78, 5) is 24.7. The van der Waals surface area contributed by atoms with Crippen molar-refractivity contribution in [1.29, 1.82) is 0 Å². The van der Waals surface area contributed by atoms with E-state index < -0.39 is 12.1 Å². The van der Waals surface area contributed by atoms with Gasteiger partial charge in [-0.2, -0.15) is 0 Å². The van der Waals surface area contributed by atoms with Crippen molar-refractivity contribution in [3.63, 3.8) is 0 Å². The van der Waals surface area contributed by atoms with Gasteiger partial charge in [0, 0.05) is 13.7 Å². The molecular formula is C14H19NO5. The highest BCUT2D eigenvalue weighted by atomic mass is 16.6. The van der Waals surface area contributed by atoms with Crippen LogP contribution in [0.25, 0.3) is 0 Å². The molecule has 0 aliphatic carbocycles. The van der Waals surface area contributed by atoms with Crippen molar-refractivity contribution in [2.45, 2.75) is 6.92 Å². The van der Waals surface area contributed by atoms with Crippen LogP contribution in [0, 0.1) is 0 Å². The molecule has 0 spiro atoms. The van der Waals surface area contributed by atoms with Crippen molar-refractivity contribution in [3.05, 3.63) is 30.3 Å². The number of rotatable bonds is 7. The number of nitrogens with zero attached hydrogens (tertiary/aromatic N) is 1. The van der Waals surface area contributed by atoms with Crippen LogP contribution >= 0.6 is 0 Å². The fourth-order valence-electron chi connectivity index (χ4n) is 1.45. The van der Waals surface area contributed by atoms with Gasteiger partial charge in [-0.1, -0.05) is 18.2 Å². The zero-order valence-electron chi connectivity index (χ0n) is 11.7. The molecule has 110 valence electrons. The lowest BCUT2D eigenvalue weighted by Gasteiger charge is -2.20. The number of ether oxygens (including phenoxy) is 3. The number of amides is 1. The largest absolute Gasteiger partial charge is 0.465 e. The Hall–Kier alpha value is -2.08. The molecule has 6 heteroatoms. The Morgan fingerprint density at radius 3 is 2.50 bits per heavy atom. The molecule has 0 N–H and O–H groups in total. The molecule has 1 aromatic rings. The molecule has 20 heavy (non-hydrogen) atoms. The number of carbonyl (C=O) groups excluding carboxylic acids is 2. The van der Waals surface area contributed by atoms with Gasteiger partial charge in [0.15, 0.2) is 0 Å². The van der Waals surface area contributed by atoms with Gasteiger partial charge in [-0.3, -0.25) is 9.69 Å². The minimum absolute atomic E-state index is 0.164. The Labute approximate surface area is 118 Å². The van der Waals surface area contributed by atoms with Crippen LogP contribution in [0.1, 0.15) is 6.92 Å². The molecule has 0 saturated carbocycles. The molecule has 0 aliphatic heterocycles. The molecule has 0 heterocycles. The summed E-state index contributed by atoms with van der Waals surface area (Å²) < 4.78 is 14.9. The van der Waals surface area contributed by atoms with Gasteiger partial charge in [0.05, 0.1) is 13.2 Å². The highest BCUT2D eigenvalue weighted by Gasteiger charge is 2.19. The number of para-hydroxylation sites is 1. The van der Waals surface area contributed by atoms with Crippen LogP contribution in [0.5, 0.6) is 5.75 Å². The number of hydrogen-bond acceptors (Lipinski definition) is 5. The molecule has 0 saturated heterocycles. The van der Waals surface area contributed by atoms with Gasteiger partial charge in [0.1, 0.15) is 12.3 Å². The molecule has 0 radical (unpaired) electrons. The fraction of sp³-hybridized carbons (Fsp3) is 0.429. The standard InChI is InChI=1S/C14H19NO5/c1-3-19-13(16)11-15(9-10-18-2)14(17)20-12-7-5-4-6-8-12/h4-8H,3,9-11H2,1-2H3. The van der Waals surface area contributed by atoms with Crippen molar-refractivity contribution in [1.82, 2.24) is 4.90 Å². The molecule has 0 fully saturated rings. The maximum absolute atomic E-state index is 12.0. The normalized spacial score (nSPS) is 9.90. The molecule has 0 aromatic heterocycles. The second kappa shape index (κ2) is 8.92. The highest BCUT2D eigenvalue weighted by molar-refractivity contribution is 5.79. The zero-order valence-corrected chi connectivity index (χ0v) is 11.7. The molecule has 0 atom stereocenters. The van der Waals surface area contributed by atoms with Crippen LogP contribution in [-0.4, -0.2) is 50.4 Å². The first-order valence-corrected chi connectivity index (χ1v) is 6.33. The average molecular weight is 281 g/mol. The van der Waals surface area contributed by atoms with Crippen LogP contribution in [0.3, 0.4) is 0 Å². The van der Waals surface area contributed by atoms with Crippen molar-refractivity contribution >= 4 is 12.1 Å². The molecule has 0 unspecified atom stereocenters. The third-order valence-electron chi connectivity index (χ3n) is 2.40. The van der Waals surface area contributed by atoms with Crippen molar-refractivity contribution in [2.24, 2.45) is 0 Å².